The van der Waals surface area contributed by atoms with Crippen LogP contribution in [-0.2, 0) is 9.53 Å². The molecule has 0 bridgehead atoms. The fourth-order valence-electron chi connectivity index (χ4n) is 3.27. The molecule has 1 saturated heterocycles. The Bertz CT molecular complexity index is 830. The molecule has 0 saturated carbocycles. The number of nitrogens with one attached hydrogen (secondary N) is 2. The molecule has 2 aromatic rings. The van der Waals surface area contributed by atoms with Crippen LogP contribution in [-0.4, -0.2) is 24.5 Å². The molecular weight excluding hydrogens is 359 g/mol. The minimum Gasteiger partial charge on any atom is -0.368 e. The summed E-state index contributed by atoms with van der Waals surface area (Å²) in [6, 6.07) is 12.7. The van der Waals surface area contributed by atoms with Crippen LogP contribution in [0.3, 0.4) is 0 Å². The zero-order valence-corrected chi connectivity index (χ0v) is 16.1. The van der Waals surface area contributed by atoms with Gasteiger partial charge in [0.2, 0.25) is 0 Å². The molecule has 2 amide bonds. The smallest absolute Gasteiger partial charge is 0.253 e. The van der Waals surface area contributed by atoms with E-state index >= 15 is 0 Å². The Hall–Kier alpha value is -2.73. The van der Waals surface area contributed by atoms with E-state index in [2.05, 4.69) is 10.6 Å². The summed E-state index contributed by atoms with van der Waals surface area (Å²) >= 11 is 0. The summed E-state index contributed by atoms with van der Waals surface area (Å²) < 4.78 is 18.6. The lowest BCUT2D eigenvalue weighted by Crippen LogP contribution is -2.32. The molecule has 2 aromatic carbocycles. The molecule has 6 heteroatoms. The van der Waals surface area contributed by atoms with Crippen molar-refractivity contribution in [1.29, 1.82) is 0 Å². The Morgan fingerprint density at radius 1 is 1.14 bits per heavy atom. The average Bonchev–Trinajstić information content (AvgIpc) is 3.22. The van der Waals surface area contributed by atoms with Crippen molar-refractivity contribution in [3.05, 3.63) is 65.5 Å². The lowest BCUT2D eigenvalue weighted by Gasteiger charge is -2.23. The van der Waals surface area contributed by atoms with Gasteiger partial charge in [-0.25, -0.2) is 4.39 Å². The van der Waals surface area contributed by atoms with Crippen molar-refractivity contribution in [3.8, 4) is 0 Å². The second-order valence-corrected chi connectivity index (χ2v) is 7.32. The van der Waals surface area contributed by atoms with Gasteiger partial charge in [0, 0.05) is 17.9 Å². The molecule has 1 aliphatic heterocycles. The Morgan fingerprint density at radius 3 is 2.54 bits per heavy atom. The molecule has 2 atom stereocenters. The number of anilines is 1. The molecule has 5 nitrogen and oxygen atoms in total. The SMILES string of the molecule is CC(C)[C@@H](NC(=O)c1cccc(NC(=O)[C@@H]2CCCO2)c1)c1ccc(F)cc1. The summed E-state index contributed by atoms with van der Waals surface area (Å²) in [7, 11) is 0. The molecule has 1 aliphatic rings. The van der Waals surface area contributed by atoms with Crippen molar-refractivity contribution in [2.24, 2.45) is 5.92 Å². The summed E-state index contributed by atoms with van der Waals surface area (Å²) in [4.78, 5) is 25.0. The van der Waals surface area contributed by atoms with E-state index in [-0.39, 0.29) is 29.6 Å². The van der Waals surface area contributed by atoms with Crippen molar-refractivity contribution >= 4 is 17.5 Å². The van der Waals surface area contributed by atoms with Crippen LogP contribution in [0.2, 0.25) is 0 Å². The number of benzene rings is 2. The maximum atomic E-state index is 13.2. The quantitative estimate of drug-likeness (QED) is 0.789. The zero-order chi connectivity index (χ0) is 20.1. The Balaban J connectivity index is 1.70. The van der Waals surface area contributed by atoms with Crippen molar-refractivity contribution in [3.63, 3.8) is 0 Å². The van der Waals surface area contributed by atoms with Gasteiger partial charge < -0.3 is 15.4 Å². The molecule has 0 unspecified atom stereocenters. The highest BCUT2D eigenvalue weighted by Gasteiger charge is 2.24. The second-order valence-electron chi connectivity index (χ2n) is 7.32. The van der Waals surface area contributed by atoms with Crippen LogP contribution in [0, 0.1) is 11.7 Å². The molecule has 0 radical (unpaired) electrons. The van der Waals surface area contributed by atoms with Gasteiger partial charge in [-0.15, -0.1) is 0 Å². The Morgan fingerprint density at radius 2 is 1.89 bits per heavy atom. The second kappa shape index (κ2) is 8.97. The lowest BCUT2D eigenvalue weighted by molar-refractivity contribution is -0.124. The zero-order valence-electron chi connectivity index (χ0n) is 16.1. The molecule has 3 rings (SSSR count). The number of carbonyl (C=O) groups is 2. The standard InChI is InChI=1S/C22H25FN2O3/c1-14(2)20(15-8-10-17(23)11-9-15)25-21(26)16-5-3-6-18(13-16)24-22(27)19-7-4-12-28-19/h3,5-6,8-11,13-14,19-20H,4,7,12H2,1-2H3,(H,24,27)(H,25,26)/t19-,20+/m0/s1. The molecule has 28 heavy (non-hydrogen) atoms. The van der Waals surface area contributed by atoms with Gasteiger partial charge in [-0.1, -0.05) is 32.0 Å². The molecule has 1 fully saturated rings. The van der Waals surface area contributed by atoms with E-state index in [1.54, 1.807) is 36.4 Å². The van der Waals surface area contributed by atoms with Gasteiger partial charge in [-0.05, 0) is 54.7 Å². The van der Waals surface area contributed by atoms with E-state index < -0.39 is 6.10 Å². The maximum Gasteiger partial charge on any atom is 0.253 e. The highest BCUT2D eigenvalue weighted by molar-refractivity contribution is 5.98. The number of hydrogen-bond acceptors (Lipinski definition) is 3. The van der Waals surface area contributed by atoms with Crippen molar-refractivity contribution in [2.45, 2.75) is 38.8 Å². The lowest BCUT2D eigenvalue weighted by atomic mass is 9.95. The van der Waals surface area contributed by atoms with E-state index in [4.69, 9.17) is 4.74 Å². The minimum absolute atomic E-state index is 0.122. The van der Waals surface area contributed by atoms with E-state index in [1.165, 1.54) is 12.1 Å². The first kappa shape index (κ1) is 20.0. The topological polar surface area (TPSA) is 67.4 Å². The number of hydrogen-bond donors (Lipinski definition) is 2. The van der Waals surface area contributed by atoms with Crippen molar-refractivity contribution < 1.29 is 18.7 Å². The Labute approximate surface area is 164 Å². The third kappa shape index (κ3) is 4.95. The monoisotopic (exact) mass is 384 g/mol. The molecule has 2 N–H and O–H groups in total. The number of carbonyl (C=O) groups excluding carboxylic acids is 2. The van der Waals surface area contributed by atoms with Crippen LogP contribution in [0.1, 0.15) is 48.7 Å². The predicted molar refractivity (Wildman–Crippen MR) is 105 cm³/mol. The first-order valence-corrected chi connectivity index (χ1v) is 9.53. The van der Waals surface area contributed by atoms with Gasteiger partial charge in [-0.3, -0.25) is 9.59 Å². The summed E-state index contributed by atoms with van der Waals surface area (Å²) in [5, 5.41) is 5.81. The van der Waals surface area contributed by atoms with E-state index in [0.29, 0.717) is 24.3 Å². The number of rotatable bonds is 6. The van der Waals surface area contributed by atoms with E-state index in [9.17, 15) is 14.0 Å². The van der Waals surface area contributed by atoms with E-state index in [1.807, 2.05) is 13.8 Å². The fraction of sp³-hybridized carbons (Fsp3) is 0.364. The molecule has 0 spiro atoms. The first-order valence-electron chi connectivity index (χ1n) is 9.53. The van der Waals surface area contributed by atoms with Crippen molar-refractivity contribution in [2.75, 3.05) is 11.9 Å². The average molecular weight is 384 g/mol. The summed E-state index contributed by atoms with van der Waals surface area (Å²) in [6.07, 6.45) is 1.15. The molecule has 0 aliphatic carbocycles. The summed E-state index contributed by atoms with van der Waals surface area (Å²) in [5.41, 5.74) is 1.83. The third-order valence-corrected chi connectivity index (χ3v) is 4.80. The minimum atomic E-state index is -0.429. The first-order chi connectivity index (χ1) is 13.4. The number of amides is 2. The van der Waals surface area contributed by atoms with Crippen LogP contribution in [0.15, 0.2) is 48.5 Å². The van der Waals surface area contributed by atoms with Gasteiger partial charge >= 0.3 is 0 Å². The van der Waals surface area contributed by atoms with Crippen LogP contribution in [0.25, 0.3) is 0 Å². The van der Waals surface area contributed by atoms with Crippen LogP contribution >= 0.6 is 0 Å². The highest BCUT2D eigenvalue weighted by Crippen LogP contribution is 2.23. The highest BCUT2D eigenvalue weighted by atomic mass is 19.1. The van der Waals surface area contributed by atoms with Crippen LogP contribution < -0.4 is 10.6 Å². The van der Waals surface area contributed by atoms with Crippen LogP contribution in [0.4, 0.5) is 10.1 Å². The van der Waals surface area contributed by atoms with Gasteiger partial charge in [-0.2, -0.15) is 0 Å². The molecular formula is C22H25FN2O3. The van der Waals surface area contributed by atoms with E-state index in [0.717, 1.165) is 12.0 Å². The normalized spacial score (nSPS) is 17.4. The maximum absolute atomic E-state index is 13.2. The number of halogens is 1. The molecule has 148 valence electrons. The largest absolute Gasteiger partial charge is 0.368 e. The van der Waals surface area contributed by atoms with Gasteiger partial charge in [0.25, 0.3) is 11.8 Å². The summed E-state index contributed by atoms with van der Waals surface area (Å²) in [5.74, 6) is -0.637. The fourth-order valence-corrected chi connectivity index (χ4v) is 3.27. The van der Waals surface area contributed by atoms with Crippen molar-refractivity contribution in [1.82, 2.24) is 5.32 Å². The predicted octanol–water partition coefficient (Wildman–Crippen LogP) is 4.07. The number of ether oxygens (including phenoxy) is 1. The van der Waals surface area contributed by atoms with Gasteiger partial charge in [0.15, 0.2) is 0 Å². The molecule has 1 heterocycles. The van der Waals surface area contributed by atoms with Crippen LogP contribution in [0.5, 0.6) is 0 Å². The molecule has 0 aromatic heterocycles. The van der Waals surface area contributed by atoms with Gasteiger partial charge in [0.1, 0.15) is 11.9 Å². The van der Waals surface area contributed by atoms with Gasteiger partial charge in [0.05, 0.1) is 6.04 Å². The third-order valence-electron chi connectivity index (χ3n) is 4.80. The Kier molecular flexibility index (Phi) is 6.41. The summed E-state index contributed by atoms with van der Waals surface area (Å²) in [6.45, 7) is 4.58.